The van der Waals surface area contributed by atoms with E-state index in [4.69, 9.17) is 0 Å². The normalized spacial score (nSPS) is 10.5. The quantitative estimate of drug-likeness (QED) is 0.335. The summed E-state index contributed by atoms with van der Waals surface area (Å²) < 4.78 is 0. The Morgan fingerprint density at radius 1 is 0.667 bits per heavy atom. The summed E-state index contributed by atoms with van der Waals surface area (Å²) in [7, 11) is 0. The van der Waals surface area contributed by atoms with E-state index in [9.17, 15) is 10.1 Å². The molecule has 0 radical (unpaired) electrons. The van der Waals surface area contributed by atoms with Crippen LogP contribution in [0.4, 0.5) is 5.69 Å². The molecule has 0 aliphatic heterocycles. The summed E-state index contributed by atoms with van der Waals surface area (Å²) in [6.07, 6.45) is 1.77. The third kappa shape index (κ3) is 3.33. The van der Waals surface area contributed by atoms with E-state index in [1.807, 2.05) is 66.7 Å². The van der Waals surface area contributed by atoms with Crippen LogP contribution in [0.25, 0.3) is 33.5 Å². The number of aromatic nitrogens is 1. The predicted octanol–water partition coefficient (Wildman–Crippen LogP) is 5.99. The molecule has 27 heavy (non-hydrogen) atoms. The molecule has 4 nitrogen and oxygen atoms in total. The Bertz CT molecular complexity index is 1090. The lowest BCUT2D eigenvalue weighted by Gasteiger charge is -2.12. The van der Waals surface area contributed by atoms with Crippen LogP contribution < -0.4 is 0 Å². The fourth-order valence-corrected chi connectivity index (χ4v) is 3.14. The molecule has 0 N–H and O–H groups in total. The number of hydrogen-bond acceptors (Lipinski definition) is 3. The lowest BCUT2D eigenvalue weighted by Crippen LogP contribution is -1.96. The Balaban J connectivity index is 1.96. The van der Waals surface area contributed by atoms with Gasteiger partial charge in [0.05, 0.1) is 16.2 Å². The first-order chi connectivity index (χ1) is 13.2. The molecule has 130 valence electrons. The molecule has 0 aliphatic rings. The minimum Gasteiger partial charge on any atom is -0.258 e. The van der Waals surface area contributed by atoms with Gasteiger partial charge in [0.15, 0.2) is 0 Å². The number of nitrogens with zero attached hydrogens (tertiary/aromatic N) is 2. The zero-order valence-electron chi connectivity index (χ0n) is 14.4. The van der Waals surface area contributed by atoms with Gasteiger partial charge in [-0.15, -0.1) is 0 Å². The molecule has 0 atom stereocenters. The fourth-order valence-electron chi connectivity index (χ4n) is 3.14. The van der Waals surface area contributed by atoms with Gasteiger partial charge in [0.2, 0.25) is 0 Å². The van der Waals surface area contributed by atoms with Crippen LogP contribution in [0.1, 0.15) is 0 Å². The Hall–Kier alpha value is -3.79. The molecule has 1 aromatic heterocycles. The lowest BCUT2D eigenvalue weighted by atomic mass is 9.95. The third-order valence-corrected chi connectivity index (χ3v) is 4.44. The van der Waals surface area contributed by atoms with E-state index in [1.165, 1.54) is 6.07 Å². The van der Waals surface area contributed by atoms with Gasteiger partial charge in [0.25, 0.3) is 5.69 Å². The van der Waals surface area contributed by atoms with Gasteiger partial charge in [-0.2, -0.15) is 0 Å². The molecular weight excluding hydrogens is 336 g/mol. The SMILES string of the molecule is O=[N+]([O-])c1ccccc1-c1ncc(-c2ccccc2)cc1-c1ccccc1. The van der Waals surface area contributed by atoms with Gasteiger partial charge in [0.1, 0.15) is 0 Å². The van der Waals surface area contributed by atoms with Crippen molar-refractivity contribution in [2.24, 2.45) is 0 Å². The maximum Gasteiger partial charge on any atom is 0.278 e. The monoisotopic (exact) mass is 352 g/mol. The maximum absolute atomic E-state index is 11.5. The number of hydrogen-bond donors (Lipinski definition) is 0. The molecular formula is C23H16N2O2. The first-order valence-electron chi connectivity index (χ1n) is 8.59. The lowest BCUT2D eigenvalue weighted by molar-refractivity contribution is -0.384. The Kier molecular flexibility index (Phi) is 4.45. The highest BCUT2D eigenvalue weighted by molar-refractivity contribution is 5.87. The number of benzene rings is 3. The van der Waals surface area contributed by atoms with Crippen LogP contribution in [0.15, 0.2) is 97.2 Å². The summed E-state index contributed by atoms with van der Waals surface area (Å²) >= 11 is 0. The topological polar surface area (TPSA) is 56.0 Å². The fraction of sp³-hybridized carbons (Fsp3) is 0. The molecule has 0 unspecified atom stereocenters. The van der Waals surface area contributed by atoms with Crippen molar-refractivity contribution < 1.29 is 4.92 Å². The number of para-hydroxylation sites is 1. The van der Waals surface area contributed by atoms with Crippen molar-refractivity contribution in [2.45, 2.75) is 0 Å². The van der Waals surface area contributed by atoms with Gasteiger partial charge in [-0.25, -0.2) is 0 Å². The Labute approximate surface area is 156 Å². The van der Waals surface area contributed by atoms with Crippen molar-refractivity contribution in [2.75, 3.05) is 0 Å². The maximum atomic E-state index is 11.5. The van der Waals surface area contributed by atoms with Crippen LogP contribution in [0.2, 0.25) is 0 Å². The second-order valence-corrected chi connectivity index (χ2v) is 6.13. The van der Waals surface area contributed by atoms with Crippen molar-refractivity contribution in [1.82, 2.24) is 4.98 Å². The highest BCUT2D eigenvalue weighted by Gasteiger charge is 2.19. The highest BCUT2D eigenvalue weighted by atomic mass is 16.6. The molecule has 0 saturated heterocycles. The molecule has 4 rings (SSSR count). The minimum absolute atomic E-state index is 0.0506. The van der Waals surface area contributed by atoms with Gasteiger partial charge in [-0.1, -0.05) is 72.8 Å². The van der Waals surface area contributed by atoms with E-state index in [-0.39, 0.29) is 10.6 Å². The molecule has 0 fully saturated rings. The van der Waals surface area contributed by atoms with Gasteiger partial charge in [-0.05, 0) is 23.3 Å². The second-order valence-electron chi connectivity index (χ2n) is 6.13. The molecule has 0 aliphatic carbocycles. The van der Waals surface area contributed by atoms with Crippen LogP contribution in [-0.2, 0) is 0 Å². The van der Waals surface area contributed by atoms with E-state index < -0.39 is 0 Å². The number of nitro groups is 1. The number of pyridine rings is 1. The van der Waals surface area contributed by atoms with Gasteiger partial charge in [-0.3, -0.25) is 15.1 Å². The molecule has 4 aromatic rings. The van der Waals surface area contributed by atoms with E-state index in [0.29, 0.717) is 11.3 Å². The van der Waals surface area contributed by atoms with Gasteiger partial charge in [0, 0.05) is 23.4 Å². The Morgan fingerprint density at radius 2 is 1.26 bits per heavy atom. The van der Waals surface area contributed by atoms with Crippen molar-refractivity contribution in [3.8, 4) is 33.5 Å². The smallest absolute Gasteiger partial charge is 0.258 e. The largest absolute Gasteiger partial charge is 0.278 e. The zero-order valence-corrected chi connectivity index (χ0v) is 14.4. The van der Waals surface area contributed by atoms with E-state index in [0.717, 1.165) is 22.3 Å². The zero-order chi connectivity index (χ0) is 18.6. The first kappa shape index (κ1) is 16.7. The second kappa shape index (κ2) is 7.22. The average Bonchev–Trinajstić information content (AvgIpc) is 2.74. The predicted molar refractivity (Wildman–Crippen MR) is 107 cm³/mol. The summed E-state index contributed by atoms with van der Waals surface area (Å²) in [6.45, 7) is 0. The first-order valence-corrected chi connectivity index (χ1v) is 8.59. The van der Waals surface area contributed by atoms with E-state index in [2.05, 4.69) is 4.98 Å². The van der Waals surface area contributed by atoms with Crippen LogP contribution in [0, 0.1) is 10.1 Å². The highest BCUT2D eigenvalue weighted by Crippen LogP contribution is 2.37. The minimum atomic E-state index is -0.364. The Morgan fingerprint density at radius 3 is 1.93 bits per heavy atom. The standard InChI is InChI=1S/C23H16N2O2/c26-25(27)22-14-8-7-13-20(22)23-21(18-11-5-2-6-12-18)15-19(16-24-23)17-9-3-1-4-10-17/h1-16H. The van der Waals surface area contributed by atoms with Crippen molar-refractivity contribution in [3.05, 3.63) is 107 Å². The summed E-state index contributed by atoms with van der Waals surface area (Å²) in [5.74, 6) is 0. The molecule has 0 spiro atoms. The van der Waals surface area contributed by atoms with E-state index in [1.54, 1.807) is 24.4 Å². The summed E-state index contributed by atoms with van der Waals surface area (Å²) in [4.78, 5) is 15.8. The third-order valence-electron chi connectivity index (χ3n) is 4.44. The van der Waals surface area contributed by atoms with Crippen LogP contribution in [-0.4, -0.2) is 9.91 Å². The van der Waals surface area contributed by atoms with Crippen LogP contribution >= 0.6 is 0 Å². The van der Waals surface area contributed by atoms with Gasteiger partial charge < -0.3 is 0 Å². The number of rotatable bonds is 4. The summed E-state index contributed by atoms with van der Waals surface area (Å²) in [6, 6.07) is 28.6. The van der Waals surface area contributed by atoms with Crippen LogP contribution in [0.5, 0.6) is 0 Å². The van der Waals surface area contributed by atoms with Crippen molar-refractivity contribution in [1.29, 1.82) is 0 Å². The molecule has 0 amide bonds. The summed E-state index contributed by atoms with van der Waals surface area (Å²) in [5, 5.41) is 11.5. The van der Waals surface area contributed by atoms with Gasteiger partial charge >= 0.3 is 0 Å². The summed E-state index contributed by atoms with van der Waals surface area (Å²) in [5.41, 5.74) is 5.03. The average molecular weight is 352 g/mol. The molecule has 0 saturated carbocycles. The van der Waals surface area contributed by atoms with Crippen molar-refractivity contribution >= 4 is 5.69 Å². The molecule has 3 aromatic carbocycles. The molecule has 0 bridgehead atoms. The van der Waals surface area contributed by atoms with Crippen molar-refractivity contribution in [3.63, 3.8) is 0 Å². The number of nitro benzene ring substituents is 1. The molecule has 4 heteroatoms. The van der Waals surface area contributed by atoms with Crippen LogP contribution in [0.3, 0.4) is 0 Å². The van der Waals surface area contributed by atoms with E-state index >= 15 is 0 Å². The molecule has 1 heterocycles.